The minimum Gasteiger partial charge on any atom is -0.383 e. The molecular formula is C23H32N4O2. The maximum Gasteiger partial charge on any atom is 0.238 e. The third-order valence-corrected chi connectivity index (χ3v) is 5.13. The molecule has 1 fully saturated rings. The van der Waals surface area contributed by atoms with Gasteiger partial charge in [-0.1, -0.05) is 42.5 Å². The van der Waals surface area contributed by atoms with Crippen molar-refractivity contribution < 1.29 is 9.53 Å². The van der Waals surface area contributed by atoms with E-state index >= 15 is 0 Å². The summed E-state index contributed by atoms with van der Waals surface area (Å²) in [6, 6.07) is 18.8. The molecule has 1 aliphatic heterocycles. The topological polar surface area (TPSA) is 56.8 Å². The molecular weight excluding hydrogens is 364 g/mol. The van der Waals surface area contributed by atoms with E-state index in [1.165, 1.54) is 11.1 Å². The van der Waals surface area contributed by atoms with Gasteiger partial charge in [-0.05, 0) is 23.3 Å². The number of hydrogen-bond acceptors (Lipinski definition) is 5. The third-order valence-electron chi connectivity index (χ3n) is 5.13. The van der Waals surface area contributed by atoms with E-state index in [2.05, 4.69) is 62.9 Å². The summed E-state index contributed by atoms with van der Waals surface area (Å²) in [7, 11) is 1.65. The first-order valence-corrected chi connectivity index (χ1v) is 10.3. The van der Waals surface area contributed by atoms with E-state index in [-0.39, 0.29) is 5.91 Å². The lowest BCUT2D eigenvalue weighted by Crippen LogP contribution is -2.45. The number of ether oxygens (including phenoxy) is 1. The summed E-state index contributed by atoms with van der Waals surface area (Å²) in [5.74, 6) is -0.0385. The zero-order chi connectivity index (χ0) is 20.3. The zero-order valence-electron chi connectivity index (χ0n) is 17.3. The summed E-state index contributed by atoms with van der Waals surface area (Å²) < 4.78 is 4.95. The monoisotopic (exact) mass is 396 g/mol. The van der Waals surface area contributed by atoms with Crippen molar-refractivity contribution in [3.8, 4) is 0 Å². The molecule has 2 aromatic carbocycles. The van der Waals surface area contributed by atoms with Crippen molar-refractivity contribution in [1.82, 2.24) is 15.1 Å². The molecule has 1 amide bonds. The van der Waals surface area contributed by atoms with Crippen molar-refractivity contribution in [3.05, 3.63) is 65.7 Å². The standard InChI is InChI=1S/C23H32N4O2/c1-29-16-11-24-17-23(28)25-22-9-7-21(8-10-22)19-27-14-12-26(13-15-27)18-20-5-3-2-4-6-20/h2-10,24H,11-19H2,1H3,(H,25,28). The molecule has 0 unspecified atom stereocenters. The highest BCUT2D eigenvalue weighted by atomic mass is 16.5. The lowest BCUT2D eigenvalue weighted by molar-refractivity contribution is -0.115. The summed E-state index contributed by atoms with van der Waals surface area (Å²) in [6.07, 6.45) is 0. The Hall–Kier alpha value is -2.25. The van der Waals surface area contributed by atoms with Gasteiger partial charge in [-0.3, -0.25) is 14.6 Å². The van der Waals surface area contributed by atoms with Crippen LogP contribution in [0.25, 0.3) is 0 Å². The molecule has 2 N–H and O–H groups in total. The molecule has 1 heterocycles. The van der Waals surface area contributed by atoms with Gasteiger partial charge < -0.3 is 15.4 Å². The molecule has 0 bridgehead atoms. The van der Waals surface area contributed by atoms with Gasteiger partial charge in [0, 0.05) is 58.6 Å². The fourth-order valence-electron chi connectivity index (χ4n) is 3.48. The van der Waals surface area contributed by atoms with Gasteiger partial charge >= 0.3 is 0 Å². The SMILES string of the molecule is COCCNCC(=O)Nc1ccc(CN2CCN(Cc3ccccc3)CC2)cc1. The quantitative estimate of drug-likeness (QED) is 0.603. The van der Waals surface area contributed by atoms with Crippen LogP contribution >= 0.6 is 0 Å². The average molecular weight is 397 g/mol. The van der Waals surface area contributed by atoms with Gasteiger partial charge in [0.2, 0.25) is 5.91 Å². The maximum absolute atomic E-state index is 11.9. The Bertz CT molecular complexity index is 728. The molecule has 29 heavy (non-hydrogen) atoms. The van der Waals surface area contributed by atoms with Crippen LogP contribution in [0.2, 0.25) is 0 Å². The molecule has 0 aromatic heterocycles. The highest BCUT2D eigenvalue weighted by Gasteiger charge is 2.17. The molecule has 2 aromatic rings. The van der Waals surface area contributed by atoms with Gasteiger partial charge in [0.05, 0.1) is 13.2 Å². The number of piperazine rings is 1. The van der Waals surface area contributed by atoms with Crippen molar-refractivity contribution in [1.29, 1.82) is 0 Å². The number of carbonyl (C=O) groups excluding carboxylic acids is 1. The van der Waals surface area contributed by atoms with Gasteiger partial charge in [-0.15, -0.1) is 0 Å². The van der Waals surface area contributed by atoms with Crippen molar-refractivity contribution in [2.45, 2.75) is 13.1 Å². The van der Waals surface area contributed by atoms with Gasteiger partial charge in [-0.25, -0.2) is 0 Å². The number of amides is 1. The number of rotatable bonds is 10. The second kappa shape index (κ2) is 11.7. The van der Waals surface area contributed by atoms with Crippen LogP contribution in [0.4, 0.5) is 5.69 Å². The maximum atomic E-state index is 11.9. The molecule has 6 nitrogen and oxygen atoms in total. The Labute approximate surface area is 173 Å². The van der Waals surface area contributed by atoms with Crippen molar-refractivity contribution in [3.63, 3.8) is 0 Å². The summed E-state index contributed by atoms with van der Waals surface area (Å²) in [5, 5.41) is 5.96. The van der Waals surface area contributed by atoms with E-state index in [1.807, 2.05) is 12.1 Å². The number of carbonyl (C=O) groups is 1. The highest BCUT2D eigenvalue weighted by molar-refractivity contribution is 5.92. The van der Waals surface area contributed by atoms with Crippen LogP contribution in [0.1, 0.15) is 11.1 Å². The zero-order valence-corrected chi connectivity index (χ0v) is 17.3. The summed E-state index contributed by atoms with van der Waals surface area (Å²) in [4.78, 5) is 16.9. The number of hydrogen-bond donors (Lipinski definition) is 2. The summed E-state index contributed by atoms with van der Waals surface area (Å²) in [5.41, 5.74) is 3.49. The Morgan fingerprint density at radius 2 is 1.48 bits per heavy atom. The van der Waals surface area contributed by atoms with Crippen LogP contribution in [0.3, 0.4) is 0 Å². The second-order valence-corrected chi connectivity index (χ2v) is 7.45. The molecule has 0 spiro atoms. The van der Waals surface area contributed by atoms with Gasteiger partial charge in [0.1, 0.15) is 0 Å². The van der Waals surface area contributed by atoms with E-state index in [0.29, 0.717) is 19.7 Å². The smallest absolute Gasteiger partial charge is 0.238 e. The molecule has 0 radical (unpaired) electrons. The number of benzene rings is 2. The Kier molecular flexibility index (Phi) is 8.64. The van der Waals surface area contributed by atoms with E-state index in [0.717, 1.165) is 45.0 Å². The lowest BCUT2D eigenvalue weighted by atomic mass is 10.1. The molecule has 1 aliphatic rings. The molecule has 0 atom stereocenters. The van der Waals surface area contributed by atoms with E-state index in [9.17, 15) is 4.79 Å². The van der Waals surface area contributed by atoms with Gasteiger partial charge in [-0.2, -0.15) is 0 Å². The van der Waals surface area contributed by atoms with E-state index in [1.54, 1.807) is 7.11 Å². The predicted octanol–water partition coefficient (Wildman–Crippen LogP) is 2.18. The molecule has 1 saturated heterocycles. The van der Waals surface area contributed by atoms with Crippen LogP contribution in [0.15, 0.2) is 54.6 Å². The predicted molar refractivity (Wildman–Crippen MR) is 117 cm³/mol. The largest absolute Gasteiger partial charge is 0.383 e. The number of nitrogens with one attached hydrogen (secondary N) is 2. The van der Waals surface area contributed by atoms with Crippen LogP contribution in [-0.4, -0.2) is 68.7 Å². The molecule has 156 valence electrons. The number of methoxy groups -OCH3 is 1. The van der Waals surface area contributed by atoms with Crippen LogP contribution < -0.4 is 10.6 Å². The van der Waals surface area contributed by atoms with Crippen molar-refractivity contribution in [2.75, 3.05) is 58.3 Å². The molecule has 0 aliphatic carbocycles. The fraction of sp³-hybridized carbons (Fsp3) is 0.435. The van der Waals surface area contributed by atoms with Crippen LogP contribution in [0, 0.1) is 0 Å². The minimum absolute atomic E-state index is 0.0385. The fourth-order valence-corrected chi connectivity index (χ4v) is 3.48. The van der Waals surface area contributed by atoms with E-state index < -0.39 is 0 Å². The Morgan fingerprint density at radius 1 is 0.897 bits per heavy atom. The van der Waals surface area contributed by atoms with Crippen LogP contribution in [-0.2, 0) is 22.6 Å². The normalized spacial score (nSPS) is 15.3. The highest BCUT2D eigenvalue weighted by Crippen LogP contribution is 2.14. The molecule has 3 rings (SSSR count). The third kappa shape index (κ3) is 7.59. The number of nitrogens with zero attached hydrogens (tertiary/aromatic N) is 2. The second-order valence-electron chi connectivity index (χ2n) is 7.45. The lowest BCUT2D eigenvalue weighted by Gasteiger charge is -2.34. The molecule has 0 saturated carbocycles. The van der Waals surface area contributed by atoms with Crippen molar-refractivity contribution in [2.24, 2.45) is 0 Å². The Morgan fingerprint density at radius 3 is 2.07 bits per heavy atom. The first-order valence-electron chi connectivity index (χ1n) is 10.3. The first-order chi connectivity index (χ1) is 14.2. The van der Waals surface area contributed by atoms with Gasteiger partial charge in [0.25, 0.3) is 0 Å². The Balaban J connectivity index is 1.37. The average Bonchev–Trinajstić information content (AvgIpc) is 2.75. The van der Waals surface area contributed by atoms with E-state index in [4.69, 9.17) is 4.74 Å². The minimum atomic E-state index is -0.0385. The van der Waals surface area contributed by atoms with Crippen LogP contribution in [0.5, 0.6) is 0 Å². The van der Waals surface area contributed by atoms with Gasteiger partial charge in [0.15, 0.2) is 0 Å². The summed E-state index contributed by atoms with van der Waals surface area (Å²) in [6.45, 7) is 7.90. The first kappa shape index (κ1) is 21.5. The van der Waals surface area contributed by atoms with Crippen molar-refractivity contribution >= 4 is 11.6 Å². The molecule has 6 heteroatoms. The number of anilines is 1. The summed E-state index contributed by atoms with van der Waals surface area (Å²) >= 11 is 0.